The maximum Gasteiger partial charge on any atom is 0.0995 e. The lowest BCUT2D eigenvalue weighted by Gasteiger charge is -2.28. The molecule has 1 aliphatic carbocycles. The quantitative estimate of drug-likeness (QED) is 0.709. The minimum absolute atomic E-state index is 0.708. The molecular formula is C13H19NO. The molecule has 2 heteroatoms. The SMILES string of the molecule is C1=C(C2CCNCC2)CC2CCOC2=C1. The van der Waals surface area contributed by atoms with E-state index < -0.39 is 0 Å². The molecule has 2 nitrogen and oxygen atoms in total. The number of nitrogens with one attached hydrogen (secondary N) is 1. The Kier molecular flexibility index (Phi) is 2.53. The second kappa shape index (κ2) is 4.01. The van der Waals surface area contributed by atoms with Crippen molar-refractivity contribution in [2.75, 3.05) is 19.7 Å². The van der Waals surface area contributed by atoms with Crippen LogP contribution in [0.2, 0.25) is 0 Å². The van der Waals surface area contributed by atoms with E-state index in [0.717, 1.165) is 12.5 Å². The highest BCUT2D eigenvalue weighted by atomic mass is 16.5. The van der Waals surface area contributed by atoms with Crippen molar-refractivity contribution in [2.45, 2.75) is 25.7 Å². The zero-order chi connectivity index (χ0) is 10.1. The molecule has 2 aliphatic heterocycles. The largest absolute Gasteiger partial charge is 0.498 e. The van der Waals surface area contributed by atoms with Crippen LogP contribution in [0.5, 0.6) is 0 Å². The van der Waals surface area contributed by atoms with Gasteiger partial charge in [0.15, 0.2) is 0 Å². The molecule has 0 aromatic rings. The summed E-state index contributed by atoms with van der Waals surface area (Å²) in [7, 11) is 0. The van der Waals surface area contributed by atoms with Gasteiger partial charge in [0.2, 0.25) is 0 Å². The van der Waals surface area contributed by atoms with Crippen molar-refractivity contribution in [3.05, 3.63) is 23.5 Å². The van der Waals surface area contributed by atoms with E-state index in [9.17, 15) is 0 Å². The third-order valence-corrected chi connectivity index (χ3v) is 3.94. The smallest absolute Gasteiger partial charge is 0.0995 e. The van der Waals surface area contributed by atoms with Crippen LogP contribution in [0.3, 0.4) is 0 Å². The summed E-state index contributed by atoms with van der Waals surface area (Å²) in [6.45, 7) is 3.32. The number of fused-ring (bicyclic) bond motifs is 1. The predicted molar refractivity (Wildman–Crippen MR) is 60.4 cm³/mol. The first-order chi connectivity index (χ1) is 7.43. The van der Waals surface area contributed by atoms with E-state index in [1.165, 1.54) is 44.5 Å². The van der Waals surface area contributed by atoms with E-state index in [1.54, 1.807) is 5.57 Å². The topological polar surface area (TPSA) is 21.3 Å². The van der Waals surface area contributed by atoms with Crippen molar-refractivity contribution in [3.8, 4) is 0 Å². The van der Waals surface area contributed by atoms with Crippen LogP contribution < -0.4 is 5.32 Å². The minimum Gasteiger partial charge on any atom is -0.498 e. The molecule has 1 N–H and O–H groups in total. The van der Waals surface area contributed by atoms with Crippen molar-refractivity contribution in [1.29, 1.82) is 0 Å². The van der Waals surface area contributed by atoms with Gasteiger partial charge in [-0.15, -0.1) is 0 Å². The zero-order valence-electron chi connectivity index (χ0n) is 9.17. The molecule has 3 aliphatic rings. The van der Waals surface area contributed by atoms with Gasteiger partial charge in [0.1, 0.15) is 0 Å². The number of allylic oxidation sites excluding steroid dienone is 4. The van der Waals surface area contributed by atoms with E-state index in [2.05, 4.69) is 17.5 Å². The van der Waals surface area contributed by atoms with Gasteiger partial charge in [0, 0.05) is 5.92 Å². The Bertz CT molecular complexity index is 300. The van der Waals surface area contributed by atoms with Crippen molar-refractivity contribution in [3.63, 3.8) is 0 Å². The summed E-state index contributed by atoms with van der Waals surface area (Å²) in [6, 6.07) is 0. The van der Waals surface area contributed by atoms with Crippen LogP contribution in [0.4, 0.5) is 0 Å². The summed E-state index contributed by atoms with van der Waals surface area (Å²) in [5.74, 6) is 2.79. The fraction of sp³-hybridized carbons (Fsp3) is 0.692. The Morgan fingerprint density at radius 1 is 1.07 bits per heavy atom. The third-order valence-electron chi connectivity index (χ3n) is 3.94. The van der Waals surface area contributed by atoms with Crippen LogP contribution in [0, 0.1) is 11.8 Å². The van der Waals surface area contributed by atoms with Gasteiger partial charge < -0.3 is 10.1 Å². The molecule has 3 rings (SSSR count). The zero-order valence-corrected chi connectivity index (χ0v) is 9.17. The first-order valence-electron chi connectivity index (χ1n) is 6.17. The molecule has 15 heavy (non-hydrogen) atoms. The average Bonchev–Trinajstić information content (AvgIpc) is 2.77. The van der Waals surface area contributed by atoms with Crippen molar-refractivity contribution in [2.24, 2.45) is 11.8 Å². The molecule has 82 valence electrons. The second-order valence-electron chi connectivity index (χ2n) is 4.87. The minimum atomic E-state index is 0.708. The van der Waals surface area contributed by atoms with E-state index in [1.807, 2.05) is 0 Å². The van der Waals surface area contributed by atoms with Gasteiger partial charge in [0.05, 0.1) is 12.4 Å². The summed E-state index contributed by atoms with van der Waals surface area (Å²) in [6.07, 6.45) is 9.68. The van der Waals surface area contributed by atoms with Crippen molar-refractivity contribution >= 4 is 0 Å². The highest BCUT2D eigenvalue weighted by Crippen LogP contribution is 2.38. The number of piperidine rings is 1. The van der Waals surface area contributed by atoms with Crippen LogP contribution in [0.25, 0.3) is 0 Å². The lowest BCUT2D eigenvalue weighted by atomic mass is 9.81. The summed E-state index contributed by atoms with van der Waals surface area (Å²) in [5.41, 5.74) is 1.68. The van der Waals surface area contributed by atoms with E-state index >= 15 is 0 Å². The summed E-state index contributed by atoms with van der Waals surface area (Å²) < 4.78 is 5.60. The highest BCUT2D eigenvalue weighted by molar-refractivity contribution is 5.26. The fourth-order valence-electron chi connectivity index (χ4n) is 3.00. The van der Waals surface area contributed by atoms with Crippen molar-refractivity contribution in [1.82, 2.24) is 5.32 Å². The Morgan fingerprint density at radius 2 is 1.93 bits per heavy atom. The molecule has 0 amide bonds. The normalized spacial score (nSPS) is 31.6. The van der Waals surface area contributed by atoms with Crippen LogP contribution in [0.1, 0.15) is 25.7 Å². The third kappa shape index (κ3) is 1.83. The average molecular weight is 205 g/mol. The molecule has 1 unspecified atom stereocenters. The predicted octanol–water partition coefficient (Wildman–Crippen LogP) is 2.24. The lowest BCUT2D eigenvalue weighted by Crippen LogP contribution is -2.29. The van der Waals surface area contributed by atoms with Crippen LogP contribution in [0.15, 0.2) is 23.5 Å². The number of ether oxygens (including phenoxy) is 1. The molecule has 0 saturated carbocycles. The summed E-state index contributed by atoms with van der Waals surface area (Å²) >= 11 is 0. The fourth-order valence-corrected chi connectivity index (χ4v) is 3.00. The maximum atomic E-state index is 5.60. The van der Waals surface area contributed by atoms with Crippen LogP contribution >= 0.6 is 0 Å². The van der Waals surface area contributed by atoms with Gasteiger partial charge in [0.25, 0.3) is 0 Å². The lowest BCUT2D eigenvalue weighted by molar-refractivity contribution is 0.257. The van der Waals surface area contributed by atoms with Gasteiger partial charge >= 0.3 is 0 Å². The Morgan fingerprint density at radius 3 is 2.80 bits per heavy atom. The highest BCUT2D eigenvalue weighted by Gasteiger charge is 2.28. The molecule has 0 aromatic heterocycles. The monoisotopic (exact) mass is 205 g/mol. The molecule has 0 radical (unpaired) electrons. The van der Waals surface area contributed by atoms with E-state index in [4.69, 9.17) is 4.74 Å². The first kappa shape index (κ1) is 9.46. The molecule has 0 aromatic carbocycles. The maximum absolute atomic E-state index is 5.60. The summed E-state index contributed by atoms with van der Waals surface area (Å²) in [5, 5.41) is 3.43. The molecule has 0 bridgehead atoms. The molecule has 1 atom stereocenters. The van der Waals surface area contributed by atoms with Gasteiger partial charge in [-0.05, 0) is 50.8 Å². The molecule has 2 fully saturated rings. The molecule has 2 saturated heterocycles. The van der Waals surface area contributed by atoms with Gasteiger partial charge in [-0.1, -0.05) is 11.6 Å². The summed E-state index contributed by atoms with van der Waals surface area (Å²) in [4.78, 5) is 0. The molecule has 0 spiro atoms. The number of rotatable bonds is 1. The van der Waals surface area contributed by atoms with Gasteiger partial charge in [-0.3, -0.25) is 0 Å². The van der Waals surface area contributed by atoms with Crippen LogP contribution in [-0.4, -0.2) is 19.7 Å². The molecular weight excluding hydrogens is 186 g/mol. The Labute approximate surface area is 91.4 Å². The van der Waals surface area contributed by atoms with E-state index in [-0.39, 0.29) is 0 Å². The van der Waals surface area contributed by atoms with Gasteiger partial charge in [-0.2, -0.15) is 0 Å². The standard InChI is InChI=1S/C13H19NO/c1-2-13-12(5-8-15-13)9-11(1)10-3-6-14-7-4-10/h1-2,10,12,14H,3-9H2. The second-order valence-corrected chi connectivity index (χ2v) is 4.87. The van der Waals surface area contributed by atoms with E-state index in [0.29, 0.717) is 5.92 Å². The van der Waals surface area contributed by atoms with Crippen LogP contribution in [-0.2, 0) is 4.74 Å². The first-order valence-corrected chi connectivity index (χ1v) is 6.17. The molecule has 2 heterocycles. The number of hydrogen-bond acceptors (Lipinski definition) is 2. The van der Waals surface area contributed by atoms with Gasteiger partial charge in [-0.25, -0.2) is 0 Å². The number of hydrogen-bond donors (Lipinski definition) is 1. The Balaban J connectivity index is 1.72. The van der Waals surface area contributed by atoms with Crippen molar-refractivity contribution < 1.29 is 4.74 Å². The Hall–Kier alpha value is -0.760.